The number of para-hydroxylation sites is 1. The third-order valence-corrected chi connectivity index (χ3v) is 6.52. The third-order valence-electron chi connectivity index (χ3n) is 6.52. The van der Waals surface area contributed by atoms with Gasteiger partial charge in [-0.25, -0.2) is 9.07 Å². The maximum Gasteiger partial charge on any atom is 0.174 e. The van der Waals surface area contributed by atoms with E-state index < -0.39 is 0 Å². The molecule has 2 aliphatic rings. The lowest BCUT2D eigenvalue weighted by molar-refractivity contribution is 0.190. The summed E-state index contributed by atoms with van der Waals surface area (Å²) < 4.78 is 16.3. The summed E-state index contributed by atoms with van der Waals surface area (Å²) in [5.41, 5.74) is 1.62. The first-order valence-electron chi connectivity index (χ1n) is 11.2. The number of halogens is 1. The Morgan fingerprint density at radius 2 is 1.68 bits per heavy atom. The molecule has 7 nitrogen and oxygen atoms in total. The van der Waals surface area contributed by atoms with Gasteiger partial charge in [0.05, 0.1) is 17.4 Å². The number of piperazine rings is 1. The van der Waals surface area contributed by atoms with Gasteiger partial charge in [-0.15, -0.1) is 5.10 Å². The molecule has 3 heterocycles. The van der Waals surface area contributed by atoms with Gasteiger partial charge in [-0.3, -0.25) is 9.88 Å². The Morgan fingerprint density at radius 1 is 0.903 bits per heavy atom. The Hall–Kier alpha value is -2.87. The number of hydrogen-bond donors (Lipinski definition) is 0. The number of aromatic nitrogens is 5. The zero-order valence-electron chi connectivity index (χ0n) is 17.6. The highest BCUT2D eigenvalue weighted by atomic mass is 19.1. The van der Waals surface area contributed by atoms with Crippen LogP contribution in [0.15, 0.2) is 48.7 Å². The molecule has 0 bridgehead atoms. The van der Waals surface area contributed by atoms with E-state index in [1.807, 2.05) is 41.2 Å². The van der Waals surface area contributed by atoms with E-state index in [2.05, 4.69) is 30.3 Å². The summed E-state index contributed by atoms with van der Waals surface area (Å²) in [6, 6.07) is 13.2. The van der Waals surface area contributed by atoms with Crippen molar-refractivity contribution in [1.82, 2.24) is 30.1 Å². The molecule has 2 aromatic heterocycles. The van der Waals surface area contributed by atoms with Crippen LogP contribution in [0.25, 0.3) is 0 Å². The summed E-state index contributed by atoms with van der Waals surface area (Å²) in [6.45, 7) is 3.06. The third kappa shape index (κ3) is 4.17. The monoisotopic (exact) mass is 421 g/mol. The van der Waals surface area contributed by atoms with Crippen molar-refractivity contribution in [2.75, 3.05) is 31.1 Å². The second-order valence-electron chi connectivity index (χ2n) is 8.41. The average Bonchev–Trinajstić information content (AvgIpc) is 3.31. The molecule has 0 amide bonds. The standard InChI is InChI=1S/C23H28FN7/c24-19-10-4-5-12-21(19)29-14-16-30(17-15-29)22(20-11-6-7-13-25-20)23-26-27-28-31(23)18-8-2-1-3-9-18/h4-7,10-13,18,22H,1-3,8-9,14-17H2/t22-/m1/s1. The quantitative estimate of drug-likeness (QED) is 0.627. The van der Waals surface area contributed by atoms with Crippen molar-refractivity contribution in [3.8, 4) is 0 Å². The van der Waals surface area contributed by atoms with Crippen molar-refractivity contribution in [2.24, 2.45) is 0 Å². The molecule has 8 heteroatoms. The second-order valence-corrected chi connectivity index (χ2v) is 8.41. The van der Waals surface area contributed by atoms with Crippen LogP contribution in [0, 0.1) is 5.82 Å². The van der Waals surface area contributed by atoms with Gasteiger partial charge in [0.2, 0.25) is 0 Å². The van der Waals surface area contributed by atoms with Crippen molar-refractivity contribution >= 4 is 5.69 Å². The maximum absolute atomic E-state index is 14.3. The maximum atomic E-state index is 14.3. The molecule has 0 radical (unpaired) electrons. The van der Waals surface area contributed by atoms with Gasteiger partial charge >= 0.3 is 0 Å². The molecule has 1 aliphatic carbocycles. The Labute approximate surface area is 181 Å². The number of nitrogens with zero attached hydrogens (tertiary/aromatic N) is 7. The van der Waals surface area contributed by atoms with Crippen LogP contribution in [0.4, 0.5) is 10.1 Å². The van der Waals surface area contributed by atoms with Crippen molar-refractivity contribution in [1.29, 1.82) is 0 Å². The van der Waals surface area contributed by atoms with E-state index in [1.54, 1.807) is 6.07 Å². The number of benzene rings is 1. The minimum atomic E-state index is -0.168. The highest BCUT2D eigenvalue weighted by molar-refractivity contribution is 5.48. The fourth-order valence-electron chi connectivity index (χ4n) is 4.92. The molecule has 5 rings (SSSR count). The highest BCUT2D eigenvalue weighted by Crippen LogP contribution is 2.33. The first-order chi connectivity index (χ1) is 15.3. The summed E-state index contributed by atoms with van der Waals surface area (Å²) in [5, 5.41) is 12.9. The van der Waals surface area contributed by atoms with Crippen molar-refractivity contribution in [3.63, 3.8) is 0 Å². The second kappa shape index (κ2) is 9.09. The number of pyridine rings is 1. The van der Waals surface area contributed by atoms with Gasteiger partial charge in [-0.05, 0) is 47.5 Å². The van der Waals surface area contributed by atoms with Crippen LogP contribution in [0.5, 0.6) is 0 Å². The summed E-state index contributed by atoms with van der Waals surface area (Å²) >= 11 is 0. The Kier molecular flexibility index (Phi) is 5.88. The Balaban J connectivity index is 1.41. The lowest BCUT2D eigenvalue weighted by atomic mass is 9.95. The summed E-state index contributed by atoms with van der Waals surface area (Å²) in [5.74, 6) is 0.698. The molecular formula is C23H28FN7. The number of tetrazole rings is 1. The number of rotatable bonds is 5. The van der Waals surface area contributed by atoms with Crippen LogP contribution in [-0.2, 0) is 0 Å². The molecule has 31 heavy (non-hydrogen) atoms. The van der Waals surface area contributed by atoms with E-state index in [-0.39, 0.29) is 11.9 Å². The summed E-state index contributed by atoms with van der Waals surface area (Å²) in [4.78, 5) is 9.16. The first kappa shape index (κ1) is 20.1. The lowest BCUT2D eigenvalue weighted by Gasteiger charge is -2.39. The molecule has 1 saturated heterocycles. The fraction of sp³-hybridized carbons (Fsp3) is 0.478. The van der Waals surface area contributed by atoms with Crippen molar-refractivity contribution in [3.05, 3.63) is 66.0 Å². The van der Waals surface area contributed by atoms with Crippen LogP contribution in [-0.4, -0.2) is 56.3 Å². The van der Waals surface area contributed by atoms with Gasteiger partial charge in [0.25, 0.3) is 0 Å². The van der Waals surface area contributed by atoms with E-state index >= 15 is 0 Å². The minimum Gasteiger partial charge on any atom is -0.367 e. The molecule has 1 saturated carbocycles. The van der Waals surface area contributed by atoms with Gasteiger partial charge in [-0.2, -0.15) is 0 Å². The zero-order chi connectivity index (χ0) is 21.0. The zero-order valence-corrected chi connectivity index (χ0v) is 17.6. The Morgan fingerprint density at radius 3 is 2.42 bits per heavy atom. The highest BCUT2D eigenvalue weighted by Gasteiger charge is 2.33. The van der Waals surface area contributed by atoms with Gasteiger partial charge in [0, 0.05) is 32.4 Å². The SMILES string of the molecule is Fc1ccccc1N1CCN([C@H](c2ccccn2)c2nnnn2C2CCCCC2)CC1. The number of hydrogen-bond acceptors (Lipinski definition) is 6. The molecule has 1 aromatic carbocycles. The smallest absolute Gasteiger partial charge is 0.174 e. The molecule has 1 aliphatic heterocycles. The predicted octanol–water partition coefficient (Wildman–Crippen LogP) is 3.62. The van der Waals surface area contributed by atoms with Crippen LogP contribution in [0.2, 0.25) is 0 Å². The van der Waals surface area contributed by atoms with Crippen LogP contribution < -0.4 is 4.90 Å². The minimum absolute atomic E-state index is 0.110. The lowest BCUT2D eigenvalue weighted by Crippen LogP contribution is -2.49. The topological polar surface area (TPSA) is 63.0 Å². The van der Waals surface area contributed by atoms with Crippen LogP contribution in [0.1, 0.15) is 55.7 Å². The fourth-order valence-corrected chi connectivity index (χ4v) is 4.92. The normalized spacial score (nSPS) is 19.5. The van der Waals surface area contributed by atoms with Crippen LogP contribution >= 0.6 is 0 Å². The molecule has 3 aromatic rings. The predicted molar refractivity (Wildman–Crippen MR) is 116 cm³/mol. The molecular weight excluding hydrogens is 393 g/mol. The average molecular weight is 422 g/mol. The van der Waals surface area contributed by atoms with E-state index in [4.69, 9.17) is 0 Å². The molecule has 0 unspecified atom stereocenters. The van der Waals surface area contributed by atoms with Crippen LogP contribution in [0.3, 0.4) is 0 Å². The molecule has 1 atom stereocenters. The van der Waals surface area contributed by atoms with Gasteiger partial charge < -0.3 is 4.90 Å². The summed E-state index contributed by atoms with van der Waals surface area (Å²) in [7, 11) is 0. The van der Waals surface area contributed by atoms with Gasteiger partial charge in [0.15, 0.2) is 5.82 Å². The largest absolute Gasteiger partial charge is 0.367 e. The van der Waals surface area contributed by atoms with E-state index in [0.717, 1.165) is 50.5 Å². The molecule has 0 spiro atoms. The van der Waals surface area contributed by atoms with Crippen molar-refractivity contribution in [2.45, 2.75) is 44.2 Å². The van der Waals surface area contributed by atoms with Gasteiger partial charge in [-0.1, -0.05) is 37.5 Å². The van der Waals surface area contributed by atoms with E-state index in [0.29, 0.717) is 11.7 Å². The van der Waals surface area contributed by atoms with E-state index in [1.165, 1.54) is 25.3 Å². The molecule has 0 N–H and O–H groups in total. The Bertz CT molecular complexity index is 978. The molecule has 2 fully saturated rings. The first-order valence-corrected chi connectivity index (χ1v) is 11.2. The molecule has 162 valence electrons. The van der Waals surface area contributed by atoms with Gasteiger partial charge in [0.1, 0.15) is 11.9 Å². The van der Waals surface area contributed by atoms with Crippen molar-refractivity contribution < 1.29 is 4.39 Å². The summed E-state index contributed by atoms with van der Waals surface area (Å²) in [6.07, 6.45) is 7.80. The van der Waals surface area contributed by atoms with E-state index in [9.17, 15) is 4.39 Å². The number of anilines is 1.